The van der Waals surface area contributed by atoms with Crippen LogP contribution in [-0.4, -0.2) is 31.6 Å². The third-order valence-electron chi connectivity index (χ3n) is 3.31. The Kier molecular flexibility index (Phi) is 4.52. The maximum Gasteiger partial charge on any atom is 0.319 e. The zero-order valence-corrected chi connectivity index (χ0v) is 10.9. The van der Waals surface area contributed by atoms with E-state index in [2.05, 4.69) is 10.6 Å². The van der Waals surface area contributed by atoms with Crippen LogP contribution in [0, 0.1) is 6.92 Å². The fraction of sp³-hybridized carbons (Fsp3) is 0.429. The number of nitrogens with one attached hydrogen (secondary N) is 2. The minimum absolute atomic E-state index is 0.156. The molecule has 2 N–H and O–H groups in total. The van der Waals surface area contributed by atoms with Crippen molar-refractivity contribution in [2.45, 2.75) is 25.8 Å². The minimum Gasteiger partial charge on any atom is -0.381 e. The van der Waals surface area contributed by atoms with Crippen molar-refractivity contribution in [1.82, 2.24) is 5.32 Å². The zero-order valence-electron chi connectivity index (χ0n) is 10.9. The molecule has 0 spiro atoms. The van der Waals surface area contributed by atoms with Crippen LogP contribution in [0.15, 0.2) is 18.2 Å². The molecule has 5 nitrogen and oxygen atoms in total. The molecule has 0 unspecified atom stereocenters. The third kappa shape index (κ3) is 3.54. The van der Waals surface area contributed by atoms with Gasteiger partial charge in [0, 0.05) is 30.5 Å². The van der Waals surface area contributed by atoms with Crippen molar-refractivity contribution in [2.75, 3.05) is 18.5 Å². The molecule has 5 heteroatoms. The molecule has 1 aromatic rings. The second-order valence-corrected chi connectivity index (χ2v) is 4.62. The topological polar surface area (TPSA) is 67.4 Å². The maximum atomic E-state index is 11.9. The number of rotatable bonds is 3. The monoisotopic (exact) mass is 262 g/mol. The highest BCUT2D eigenvalue weighted by Crippen LogP contribution is 2.17. The number of carbonyl (C=O) groups excluding carboxylic acids is 2. The van der Waals surface area contributed by atoms with E-state index in [4.69, 9.17) is 4.74 Å². The fourth-order valence-corrected chi connectivity index (χ4v) is 2.10. The summed E-state index contributed by atoms with van der Waals surface area (Å²) in [4.78, 5) is 22.7. The van der Waals surface area contributed by atoms with Crippen LogP contribution in [0.1, 0.15) is 28.8 Å². The molecule has 1 aliphatic heterocycles. The first-order chi connectivity index (χ1) is 9.20. The van der Waals surface area contributed by atoms with E-state index >= 15 is 0 Å². The maximum absolute atomic E-state index is 11.9. The van der Waals surface area contributed by atoms with Gasteiger partial charge in [-0.15, -0.1) is 0 Å². The molecule has 2 rings (SSSR count). The van der Waals surface area contributed by atoms with Gasteiger partial charge < -0.3 is 15.4 Å². The Labute approximate surface area is 112 Å². The second kappa shape index (κ2) is 6.33. The van der Waals surface area contributed by atoms with E-state index in [1.807, 2.05) is 6.92 Å². The Morgan fingerprint density at radius 1 is 1.37 bits per heavy atom. The van der Waals surface area contributed by atoms with Gasteiger partial charge in [-0.25, -0.2) is 4.79 Å². The SMILES string of the molecule is Cc1c(C=O)cccc1NC(=O)NC1CCOCC1. The van der Waals surface area contributed by atoms with Crippen molar-refractivity contribution in [2.24, 2.45) is 0 Å². The van der Waals surface area contributed by atoms with Gasteiger partial charge in [0.2, 0.25) is 0 Å². The summed E-state index contributed by atoms with van der Waals surface area (Å²) in [5, 5.41) is 5.70. The Hall–Kier alpha value is -1.88. The van der Waals surface area contributed by atoms with Crippen LogP contribution in [0.5, 0.6) is 0 Å². The minimum atomic E-state index is -0.238. The van der Waals surface area contributed by atoms with Gasteiger partial charge in [0.05, 0.1) is 0 Å². The average molecular weight is 262 g/mol. The zero-order chi connectivity index (χ0) is 13.7. The molecule has 1 aromatic carbocycles. The molecule has 0 bridgehead atoms. The Morgan fingerprint density at radius 2 is 2.11 bits per heavy atom. The van der Waals surface area contributed by atoms with Crippen molar-refractivity contribution >= 4 is 18.0 Å². The van der Waals surface area contributed by atoms with E-state index < -0.39 is 0 Å². The summed E-state index contributed by atoms with van der Waals surface area (Å²) < 4.78 is 5.24. The van der Waals surface area contributed by atoms with Crippen LogP contribution < -0.4 is 10.6 Å². The van der Waals surface area contributed by atoms with E-state index in [1.165, 1.54) is 0 Å². The van der Waals surface area contributed by atoms with E-state index in [9.17, 15) is 9.59 Å². The summed E-state index contributed by atoms with van der Waals surface area (Å²) in [5.41, 5.74) is 2.03. The highest BCUT2D eigenvalue weighted by atomic mass is 16.5. The Morgan fingerprint density at radius 3 is 2.79 bits per heavy atom. The first-order valence-corrected chi connectivity index (χ1v) is 6.41. The molecule has 0 saturated carbocycles. The summed E-state index contributed by atoms with van der Waals surface area (Å²) in [6.45, 7) is 3.18. The van der Waals surface area contributed by atoms with Crippen molar-refractivity contribution in [1.29, 1.82) is 0 Å². The van der Waals surface area contributed by atoms with Crippen LogP contribution in [0.4, 0.5) is 10.5 Å². The highest BCUT2D eigenvalue weighted by Gasteiger charge is 2.16. The molecule has 2 amide bonds. The lowest BCUT2D eigenvalue weighted by atomic mass is 10.1. The number of benzene rings is 1. The van der Waals surface area contributed by atoms with Gasteiger partial charge in [0.1, 0.15) is 6.29 Å². The quantitative estimate of drug-likeness (QED) is 0.820. The number of ether oxygens (including phenoxy) is 1. The first-order valence-electron chi connectivity index (χ1n) is 6.41. The van der Waals surface area contributed by atoms with E-state index in [1.54, 1.807) is 18.2 Å². The van der Waals surface area contributed by atoms with Crippen LogP contribution in [-0.2, 0) is 4.74 Å². The fourth-order valence-electron chi connectivity index (χ4n) is 2.10. The summed E-state index contributed by atoms with van der Waals surface area (Å²) in [7, 11) is 0. The summed E-state index contributed by atoms with van der Waals surface area (Å²) >= 11 is 0. The molecule has 102 valence electrons. The summed E-state index contributed by atoms with van der Waals surface area (Å²) in [6, 6.07) is 5.18. The van der Waals surface area contributed by atoms with E-state index in [-0.39, 0.29) is 12.1 Å². The number of urea groups is 1. The van der Waals surface area contributed by atoms with Gasteiger partial charge in [-0.05, 0) is 31.4 Å². The molecule has 0 atom stereocenters. The largest absolute Gasteiger partial charge is 0.381 e. The van der Waals surface area contributed by atoms with Gasteiger partial charge in [-0.3, -0.25) is 4.79 Å². The Balaban J connectivity index is 1.96. The number of hydrogen-bond donors (Lipinski definition) is 2. The van der Waals surface area contributed by atoms with Gasteiger partial charge in [0.15, 0.2) is 0 Å². The molecule has 1 heterocycles. The van der Waals surface area contributed by atoms with Crippen LogP contribution >= 0.6 is 0 Å². The number of carbonyl (C=O) groups is 2. The lowest BCUT2D eigenvalue weighted by Gasteiger charge is -2.23. The van der Waals surface area contributed by atoms with Gasteiger partial charge in [-0.1, -0.05) is 12.1 Å². The van der Waals surface area contributed by atoms with Gasteiger partial charge in [0.25, 0.3) is 0 Å². The number of aldehydes is 1. The first kappa shape index (κ1) is 13.5. The molecule has 1 fully saturated rings. The molecule has 1 aliphatic rings. The normalized spacial score (nSPS) is 15.8. The second-order valence-electron chi connectivity index (χ2n) is 4.62. The van der Waals surface area contributed by atoms with Crippen LogP contribution in [0.3, 0.4) is 0 Å². The third-order valence-corrected chi connectivity index (χ3v) is 3.31. The lowest BCUT2D eigenvalue weighted by Crippen LogP contribution is -2.41. The standard InChI is InChI=1S/C14H18N2O3/c1-10-11(9-17)3-2-4-13(10)16-14(18)15-12-5-7-19-8-6-12/h2-4,9,12H,5-8H2,1H3,(H2,15,16,18). The molecule has 19 heavy (non-hydrogen) atoms. The number of anilines is 1. The van der Waals surface area contributed by atoms with Crippen LogP contribution in [0.2, 0.25) is 0 Å². The van der Waals surface area contributed by atoms with Crippen molar-refractivity contribution in [3.63, 3.8) is 0 Å². The predicted molar refractivity (Wildman–Crippen MR) is 72.6 cm³/mol. The number of hydrogen-bond acceptors (Lipinski definition) is 3. The van der Waals surface area contributed by atoms with Gasteiger partial charge in [-0.2, -0.15) is 0 Å². The Bertz CT molecular complexity index is 468. The molecular weight excluding hydrogens is 244 g/mol. The van der Waals surface area contributed by atoms with Gasteiger partial charge >= 0.3 is 6.03 Å². The van der Waals surface area contributed by atoms with Crippen LogP contribution in [0.25, 0.3) is 0 Å². The molecule has 0 aliphatic carbocycles. The lowest BCUT2D eigenvalue weighted by molar-refractivity contribution is 0.0806. The van der Waals surface area contributed by atoms with Crippen molar-refractivity contribution < 1.29 is 14.3 Å². The molecule has 0 aromatic heterocycles. The highest BCUT2D eigenvalue weighted by molar-refractivity contribution is 5.92. The summed E-state index contributed by atoms with van der Waals surface area (Å²) in [6.07, 6.45) is 2.46. The summed E-state index contributed by atoms with van der Waals surface area (Å²) in [5.74, 6) is 0. The molecule has 0 radical (unpaired) electrons. The van der Waals surface area contributed by atoms with Crippen molar-refractivity contribution in [3.8, 4) is 0 Å². The predicted octanol–water partition coefficient (Wildman–Crippen LogP) is 2.11. The van der Waals surface area contributed by atoms with E-state index in [0.717, 1.165) is 24.7 Å². The van der Waals surface area contributed by atoms with E-state index in [0.29, 0.717) is 24.5 Å². The molecule has 1 saturated heterocycles. The number of amides is 2. The van der Waals surface area contributed by atoms with Crippen molar-refractivity contribution in [3.05, 3.63) is 29.3 Å². The smallest absolute Gasteiger partial charge is 0.319 e. The average Bonchev–Trinajstić information content (AvgIpc) is 2.42. The molecular formula is C14H18N2O3.